The van der Waals surface area contributed by atoms with E-state index in [1.807, 2.05) is 28.4 Å². The maximum absolute atomic E-state index is 12.0. The minimum Gasteiger partial charge on any atom is -0.339 e. The molecule has 3 nitrogen and oxygen atoms in total. The van der Waals surface area contributed by atoms with Crippen molar-refractivity contribution < 1.29 is 4.79 Å². The molecule has 0 saturated carbocycles. The van der Waals surface area contributed by atoms with Crippen molar-refractivity contribution >= 4 is 29.4 Å². The lowest BCUT2D eigenvalue weighted by molar-refractivity contribution is -0.130. The Morgan fingerprint density at radius 2 is 2.07 bits per heavy atom. The average Bonchev–Trinajstić information content (AvgIpc) is 2.30. The Hall–Kier alpha value is 0.130. The molecule has 2 aliphatic heterocycles. The third kappa shape index (κ3) is 2.58. The van der Waals surface area contributed by atoms with Crippen molar-refractivity contribution in [1.82, 2.24) is 10.2 Å². The van der Waals surface area contributed by atoms with Crippen LogP contribution >= 0.6 is 23.5 Å². The van der Waals surface area contributed by atoms with E-state index in [0.717, 1.165) is 37.7 Å². The number of nitrogens with zero attached hydrogens (tertiary/aromatic N) is 1. The standard InChI is InChI=1S/C9H16N2OS2/c12-9(8-7-13-5-6-14-8)11-3-1-10-2-4-11/h8,10H,1-7H2. The van der Waals surface area contributed by atoms with Gasteiger partial charge >= 0.3 is 0 Å². The van der Waals surface area contributed by atoms with Gasteiger partial charge in [0.25, 0.3) is 0 Å². The molecule has 0 aromatic heterocycles. The van der Waals surface area contributed by atoms with Crippen LogP contribution in [-0.2, 0) is 4.79 Å². The van der Waals surface area contributed by atoms with Crippen LogP contribution in [0.4, 0.5) is 0 Å². The molecule has 1 amide bonds. The van der Waals surface area contributed by atoms with Gasteiger partial charge < -0.3 is 10.2 Å². The summed E-state index contributed by atoms with van der Waals surface area (Å²) in [6, 6.07) is 0. The van der Waals surface area contributed by atoms with Crippen LogP contribution in [-0.4, -0.2) is 59.5 Å². The lowest BCUT2D eigenvalue weighted by Gasteiger charge is -2.31. The van der Waals surface area contributed by atoms with Crippen molar-refractivity contribution in [2.75, 3.05) is 43.4 Å². The van der Waals surface area contributed by atoms with Crippen LogP contribution in [0.2, 0.25) is 0 Å². The molecule has 2 fully saturated rings. The van der Waals surface area contributed by atoms with E-state index < -0.39 is 0 Å². The van der Waals surface area contributed by atoms with Gasteiger partial charge in [-0.05, 0) is 0 Å². The first-order valence-electron chi connectivity index (χ1n) is 5.07. The summed E-state index contributed by atoms with van der Waals surface area (Å²) in [4.78, 5) is 14.0. The zero-order valence-corrected chi connectivity index (χ0v) is 9.83. The van der Waals surface area contributed by atoms with Gasteiger partial charge in [0.15, 0.2) is 0 Å². The Kier molecular flexibility index (Phi) is 4.01. The molecule has 0 aromatic carbocycles. The van der Waals surface area contributed by atoms with E-state index in [1.54, 1.807) is 0 Å². The third-order valence-electron chi connectivity index (χ3n) is 2.52. The molecule has 2 rings (SSSR count). The van der Waals surface area contributed by atoms with Gasteiger partial charge in [-0.25, -0.2) is 0 Å². The molecule has 0 spiro atoms. The fraction of sp³-hybridized carbons (Fsp3) is 0.889. The highest BCUT2D eigenvalue weighted by atomic mass is 32.2. The maximum Gasteiger partial charge on any atom is 0.236 e. The van der Waals surface area contributed by atoms with Crippen LogP contribution in [0.3, 0.4) is 0 Å². The number of thioether (sulfide) groups is 2. The molecule has 5 heteroatoms. The van der Waals surface area contributed by atoms with Crippen molar-refractivity contribution in [1.29, 1.82) is 0 Å². The highest BCUT2D eigenvalue weighted by Crippen LogP contribution is 2.25. The summed E-state index contributed by atoms with van der Waals surface area (Å²) in [6.07, 6.45) is 0. The van der Waals surface area contributed by atoms with E-state index in [-0.39, 0.29) is 5.25 Å². The largest absolute Gasteiger partial charge is 0.339 e. The molecule has 1 atom stereocenters. The van der Waals surface area contributed by atoms with Crippen molar-refractivity contribution in [3.05, 3.63) is 0 Å². The predicted octanol–water partition coefficient (Wildman–Crippen LogP) is 0.267. The highest BCUT2D eigenvalue weighted by molar-refractivity contribution is 8.07. The lowest BCUT2D eigenvalue weighted by atomic mass is 10.3. The molecular weight excluding hydrogens is 216 g/mol. The quantitative estimate of drug-likeness (QED) is 0.703. The summed E-state index contributed by atoms with van der Waals surface area (Å²) in [5, 5.41) is 3.50. The fourth-order valence-corrected chi connectivity index (χ4v) is 4.35. The summed E-state index contributed by atoms with van der Waals surface area (Å²) in [5.74, 6) is 3.71. The summed E-state index contributed by atoms with van der Waals surface area (Å²) in [5.41, 5.74) is 0. The number of rotatable bonds is 1. The number of hydrogen-bond acceptors (Lipinski definition) is 4. The van der Waals surface area contributed by atoms with Gasteiger partial charge in [-0.1, -0.05) is 0 Å². The molecule has 80 valence electrons. The second kappa shape index (κ2) is 5.28. The van der Waals surface area contributed by atoms with Crippen molar-refractivity contribution in [3.8, 4) is 0 Å². The van der Waals surface area contributed by atoms with E-state index in [4.69, 9.17) is 0 Å². The molecule has 14 heavy (non-hydrogen) atoms. The second-order valence-corrected chi connectivity index (χ2v) is 5.97. The van der Waals surface area contributed by atoms with E-state index in [2.05, 4.69) is 5.32 Å². The van der Waals surface area contributed by atoms with E-state index >= 15 is 0 Å². The van der Waals surface area contributed by atoms with Gasteiger partial charge in [-0.3, -0.25) is 4.79 Å². The first-order valence-corrected chi connectivity index (χ1v) is 7.27. The molecular formula is C9H16N2OS2. The van der Waals surface area contributed by atoms with E-state index in [0.29, 0.717) is 5.91 Å². The zero-order chi connectivity index (χ0) is 9.80. The second-order valence-electron chi connectivity index (χ2n) is 3.51. The van der Waals surface area contributed by atoms with Crippen molar-refractivity contribution in [2.24, 2.45) is 0 Å². The third-order valence-corrected chi connectivity index (χ3v) is 5.26. The van der Waals surface area contributed by atoms with Crippen LogP contribution in [0.15, 0.2) is 0 Å². The number of nitrogens with one attached hydrogen (secondary N) is 1. The van der Waals surface area contributed by atoms with E-state index in [1.165, 1.54) is 5.75 Å². The van der Waals surface area contributed by atoms with Crippen molar-refractivity contribution in [3.63, 3.8) is 0 Å². The topological polar surface area (TPSA) is 32.3 Å². The van der Waals surface area contributed by atoms with Crippen LogP contribution in [0.25, 0.3) is 0 Å². The summed E-state index contributed by atoms with van der Waals surface area (Å²) in [6.45, 7) is 3.69. The Balaban J connectivity index is 1.85. The van der Waals surface area contributed by atoms with Gasteiger partial charge in [0, 0.05) is 43.4 Å². The average molecular weight is 232 g/mol. The van der Waals surface area contributed by atoms with Crippen molar-refractivity contribution in [2.45, 2.75) is 5.25 Å². The zero-order valence-electron chi connectivity index (χ0n) is 8.20. The number of amides is 1. The van der Waals surface area contributed by atoms with E-state index in [9.17, 15) is 4.79 Å². The maximum atomic E-state index is 12.0. The number of carbonyl (C=O) groups excluding carboxylic acids is 1. The Morgan fingerprint density at radius 1 is 1.29 bits per heavy atom. The SMILES string of the molecule is O=C(C1CSCCS1)N1CCNCC1. The molecule has 0 aromatic rings. The predicted molar refractivity (Wildman–Crippen MR) is 63.0 cm³/mol. The van der Waals surface area contributed by atoms with Crippen LogP contribution < -0.4 is 5.32 Å². The van der Waals surface area contributed by atoms with Crippen LogP contribution in [0.1, 0.15) is 0 Å². The van der Waals surface area contributed by atoms with Gasteiger partial charge in [0.2, 0.25) is 5.91 Å². The summed E-state index contributed by atoms with van der Waals surface area (Å²) in [7, 11) is 0. The first-order chi connectivity index (χ1) is 6.88. The molecule has 1 N–H and O–H groups in total. The van der Waals surface area contributed by atoms with Crippen LogP contribution in [0.5, 0.6) is 0 Å². The van der Waals surface area contributed by atoms with Gasteiger partial charge in [0.1, 0.15) is 0 Å². The molecule has 0 radical (unpaired) electrons. The van der Waals surface area contributed by atoms with Gasteiger partial charge in [-0.2, -0.15) is 11.8 Å². The lowest BCUT2D eigenvalue weighted by Crippen LogP contribution is -2.50. The Morgan fingerprint density at radius 3 is 2.71 bits per heavy atom. The molecule has 0 aliphatic carbocycles. The molecule has 1 unspecified atom stereocenters. The van der Waals surface area contributed by atoms with Gasteiger partial charge in [0.05, 0.1) is 5.25 Å². The monoisotopic (exact) mass is 232 g/mol. The first kappa shape index (κ1) is 10.6. The highest BCUT2D eigenvalue weighted by Gasteiger charge is 2.27. The smallest absolute Gasteiger partial charge is 0.236 e. The summed E-state index contributed by atoms with van der Waals surface area (Å²) < 4.78 is 0. The number of hydrogen-bond donors (Lipinski definition) is 1. The normalized spacial score (nSPS) is 28.9. The minimum absolute atomic E-state index is 0.229. The number of carbonyl (C=O) groups is 1. The minimum atomic E-state index is 0.229. The molecule has 2 heterocycles. The fourth-order valence-electron chi connectivity index (χ4n) is 1.72. The van der Waals surface area contributed by atoms with Gasteiger partial charge in [-0.15, -0.1) is 11.8 Å². The van der Waals surface area contributed by atoms with Crippen LogP contribution in [0, 0.1) is 0 Å². The molecule has 2 aliphatic rings. The molecule has 2 saturated heterocycles. The molecule has 0 bridgehead atoms. The Bertz CT molecular complexity index is 181. The Labute approximate surface area is 93.4 Å². The summed E-state index contributed by atoms with van der Waals surface area (Å²) >= 11 is 3.74. The number of piperazine rings is 1.